The van der Waals surface area contributed by atoms with Gasteiger partial charge in [-0.3, -0.25) is 9.98 Å². The van der Waals surface area contributed by atoms with Crippen LogP contribution in [0.5, 0.6) is 11.5 Å². The maximum Gasteiger partial charge on any atom is 3.00 e. The molecule has 6 rings (SSSR count). The van der Waals surface area contributed by atoms with E-state index >= 15 is 0 Å². The summed E-state index contributed by atoms with van der Waals surface area (Å²) in [6.07, 6.45) is 0. The Morgan fingerprint density at radius 3 is 0.917 bits per heavy atom. The van der Waals surface area contributed by atoms with Crippen molar-refractivity contribution >= 4 is 40.3 Å². The molecular weight excluding hydrogens is 659 g/mol. The van der Waals surface area contributed by atoms with Crippen LogP contribution >= 0.6 is 7.26 Å². The molecule has 48 heavy (non-hydrogen) atoms. The molecule has 6 nitrogen and oxygen atoms in total. The van der Waals surface area contributed by atoms with Gasteiger partial charge in [-0.15, -0.1) is 11.5 Å². The monoisotopic (exact) mass is 691 g/mol. The second-order valence-corrected chi connectivity index (χ2v) is 13.8. The van der Waals surface area contributed by atoms with Gasteiger partial charge in [0.15, 0.2) is 0 Å². The van der Waals surface area contributed by atoms with Crippen molar-refractivity contribution in [1.29, 1.82) is 0 Å². The molecule has 6 aromatic carbocycles. The Morgan fingerprint density at radius 2 is 0.646 bits per heavy atom. The summed E-state index contributed by atoms with van der Waals surface area (Å²) in [6.45, 7) is -0.0557. The number of rotatable bonds is 9. The largest absolute Gasteiger partial charge is 3.00 e. The van der Waals surface area contributed by atoms with Crippen molar-refractivity contribution in [2.24, 2.45) is 9.98 Å². The Morgan fingerprint density at radius 1 is 0.396 bits per heavy atom. The standard InChI is InChI=1S/C24H20P.C16H16N2O4.Fe/c1-5-13-21(14-6-1)25(22-15-7-2-8-16-22,23-17-9-3-10-18-23)24-19-11-4-12-20-24;19-13-7-3-1-5-11(13)15(21)17-9-10-18-16(22)12-6-2-4-8-14(12)20;/h1-20H;1-8,19-20H,9-10H2,(H,17,21)(H,18,22);/q+1;;+3/p-4. The fourth-order valence-electron chi connectivity index (χ4n) is 5.26. The summed E-state index contributed by atoms with van der Waals surface area (Å²) in [5.74, 6) is -2.08. The second kappa shape index (κ2) is 17.7. The van der Waals surface area contributed by atoms with E-state index in [0.29, 0.717) is 0 Å². The van der Waals surface area contributed by atoms with Crippen LogP contribution in [0.15, 0.2) is 180 Å². The summed E-state index contributed by atoms with van der Waals surface area (Å²) < 4.78 is 0. The first-order valence-corrected chi connectivity index (χ1v) is 16.9. The van der Waals surface area contributed by atoms with E-state index in [4.69, 9.17) is 0 Å². The van der Waals surface area contributed by atoms with E-state index in [0.717, 1.165) is 0 Å². The maximum atomic E-state index is 11.7. The van der Waals surface area contributed by atoms with Crippen LogP contribution in [0.3, 0.4) is 0 Å². The molecule has 0 heterocycles. The molecule has 0 fully saturated rings. The van der Waals surface area contributed by atoms with Gasteiger partial charge >= 0.3 is 17.1 Å². The Hall–Kier alpha value is -5.19. The summed E-state index contributed by atoms with van der Waals surface area (Å²) in [5, 5.41) is 51.8. The zero-order chi connectivity index (χ0) is 32.9. The Kier molecular flexibility index (Phi) is 13.1. The van der Waals surface area contributed by atoms with Crippen LogP contribution in [0, 0.1) is 0 Å². The fourth-order valence-corrected chi connectivity index (χ4v) is 9.53. The zero-order valence-electron chi connectivity index (χ0n) is 25.9. The van der Waals surface area contributed by atoms with Gasteiger partial charge in [-0.25, -0.2) is 0 Å². The van der Waals surface area contributed by atoms with Gasteiger partial charge in [0, 0.05) is 0 Å². The van der Waals surface area contributed by atoms with Crippen molar-refractivity contribution in [3.05, 3.63) is 181 Å². The summed E-state index contributed by atoms with van der Waals surface area (Å²) in [6, 6.07) is 55.4. The molecule has 8 heteroatoms. The van der Waals surface area contributed by atoms with E-state index < -0.39 is 30.6 Å². The first kappa shape index (κ1) is 35.7. The molecule has 239 valence electrons. The average molecular weight is 692 g/mol. The molecule has 0 saturated heterocycles. The van der Waals surface area contributed by atoms with Crippen LogP contribution in [-0.4, -0.2) is 24.9 Å². The third-order valence-electron chi connectivity index (χ3n) is 7.42. The number of hydrogen-bond acceptors (Lipinski definition) is 6. The first-order chi connectivity index (χ1) is 23.0. The number of nitrogens with zero attached hydrogens (tertiary/aromatic N) is 2. The molecule has 6 aromatic rings. The zero-order valence-corrected chi connectivity index (χ0v) is 27.9. The van der Waals surface area contributed by atoms with Gasteiger partial charge in [0.05, 0.1) is 13.1 Å². The van der Waals surface area contributed by atoms with Crippen LogP contribution in [-0.2, 0) is 17.1 Å². The van der Waals surface area contributed by atoms with Crippen LogP contribution in [0.2, 0.25) is 0 Å². The number of benzene rings is 6. The summed E-state index contributed by atoms with van der Waals surface area (Å²) in [5.41, 5.74) is -0.0301. The van der Waals surface area contributed by atoms with Gasteiger partial charge in [-0.2, -0.15) is 0 Å². The smallest absolute Gasteiger partial charge is 0.872 e. The SMILES string of the molecule is [Fe+3].[O-]C(=NCCN=C([O-])c1ccccc1[O-])c1ccccc1[O-].c1ccc([P+](c2ccccc2)(c2ccccc2)c2ccccc2)cc1. The average Bonchev–Trinajstić information content (AvgIpc) is 3.13. The minimum absolute atomic E-state index is 0. The molecule has 0 atom stereocenters. The molecule has 0 aliphatic carbocycles. The van der Waals surface area contributed by atoms with Gasteiger partial charge in [-0.05, 0) is 71.5 Å². The Balaban J connectivity index is 0.000000214. The maximum absolute atomic E-state index is 11.7. The van der Waals surface area contributed by atoms with E-state index in [9.17, 15) is 20.4 Å². The van der Waals surface area contributed by atoms with E-state index in [2.05, 4.69) is 131 Å². The molecule has 0 spiro atoms. The van der Waals surface area contributed by atoms with Crippen molar-refractivity contribution in [3.63, 3.8) is 0 Å². The molecule has 0 unspecified atom stereocenters. The molecular formula is C40H32FeN2O4P. The van der Waals surface area contributed by atoms with E-state index in [1.807, 2.05) is 0 Å². The quantitative estimate of drug-likeness (QED) is 0.0762. The second-order valence-electron chi connectivity index (χ2n) is 10.4. The van der Waals surface area contributed by atoms with Crippen LogP contribution < -0.4 is 41.6 Å². The predicted octanol–water partition coefficient (Wildman–Crippen LogP) is 3.05. The molecule has 1 radical (unpaired) electrons. The van der Waals surface area contributed by atoms with Crippen molar-refractivity contribution in [2.75, 3.05) is 13.1 Å². The predicted molar refractivity (Wildman–Crippen MR) is 186 cm³/mol. The van der Waals surface area contributed by atoms with Crippen molar-refractivity contribution in [2.45, 2.75) is 0 Å². The van der Waals surface area contributed by atoms with Crippen molar-refractivity contribution in [3.8, 4) is 11.5 Å². The minimum Gasteiger partial charge on any atom is -0.872 e. The Bertz CT molecular complexity index is 1700. The van der Waals surface area contributed by atoms with Gasteiger partial charge in [0.2, 0.25) is 0 Å². The van der Waals surface area contributed by atoms with Crippen LogP contribution in [0.4, 0.5) is 0 Å². The van der Waals surface area contributed by atoms with Gasteiger partial charge in [-0.1, -0.05) is 121 Å². The van der Waals surface area contributed by atoms with E-state index in [1.54, 1.807) is 12.1 Å². The van der Waals surface area contributed by atoms with Crippen LogP contribution in [0.1, 0.15) is 11.1 Å². The molecule has 0 aliphatic heterocycles. The normalized spacial score (nSPS) is 11.5. The first-order valence-electron chi connectivity index (χ1n) is 15.1. The number of hydrogen-bond donors (Lipinski definition) is 0. The van der Waals surface area contributed by atoms with Crippen molar-refractivity contribution in [1.82, 2.24) is 0 Å². The molecule has 0 amide bonds. The van der Waals surface area contributed by atoms with E-state index in [1.165, 1.54) is 57.6 Å². The van der Waals surface area contributed by atoms with E-state index in [-0.39, 0.29) is 41.3 Å². The number of aliphatic imine (C=N–C) groups is 2. The van der Waals surface area contributed by atoms with Gasteiger partial charge < -0.3 is 20.4 Å². The van der Waals surface area contributed by atoms with Gasteiger partial charge in [0.1, 0.15) is 28.5 Å². The topological polar surface area (TPSA) is 117 Å². The summed E-state index contributed by atoms with van der Waals surface area (Å²) in [4.78, 5) is 7.36. The molecule has 0 aromatic heterocycles. The van der Waals surface area contributed by atoms with Crippen LogP contribution in [0.25, 0.3) is 0 Å². The van der Waals surface area contributed by atoms with Crippen molar-refractivity contribution < 1.29 is 37.5 Å². The fraction of sp³-hybridized carbons (Fsp3) is 0.0500. The summed E-state index contributed by atoms with van der Waals surface area (Å²) in [7, 11) is -1.91. The summed E-state index contributed by atoms with van der Waals surface area (Å²) >= 11 is 0. The number of para-hydroxylation sites is 2. The molecule has 0 N–H and O–H groups in total. The molecule has 0 saturated carbocycles. The minimum atomic E-state index is -1.91. The Labute approximate surface area is 292 Å². The molecule has 0 aliphatic rings. The molecule has 0 bridgehead atoms. The van der Waals surface area contributed by atoms with Gasteiger partial charge in [0.25, 0.3) is 0 Å². The third kappa shape index (κ3) is 8.39. The third-order valence-corrected chi connectivity index (χ3v) is 11.7.